The second-order valence-corrected chi connectivity index (χ2v) is 2.87. The number of rotatable bonds is 3. The zero-order valence-electron chi connectivity index (χ0n) is 7.89. The van der Waals surface area contributed by atoms with Crippen LogP contribution in [0.1, 0.15) is 17.4 Å². The Labute approximate surface area is 80.5 Å². The molecule has 0 radical (unpaired) electrons. The molecule has 1 rings (SSSR count). The largest absolute Gasteiger partial charge is 0.480 e. The maximum atomic E-state index is 11.4. The highest BCUT2D eigenvalue weighted by atomic mass is 16.4. The minimum absolute atomic E-state index is 0.332. The average molecular weight is 197 g/mol. The van der Waals surface area contributed by atoms with Gasteiger partial charge in [-0.25, -0.2) is 0 Å². The van der Waals surface area contributed by atoms with Crippen LogP contribution in [0.3, 0.4) is 0 Å². The Kier molecular flexibility index (Phi) is 2.85. The van der Waals surface area contributed by atoms with E-state index in [0.29, 0.717) is 5.69 Å². The first-order valence-corrected chi connectivity index (χ1v) is 4.04. The predicted molar refractivity (Wildman–Crippen MR) is 47.8 cm³/mol. The van der Waals surface area contributed by atoms with Crippen molar-refractivity contribution in [3.63, 3.8) is 0 Å². The molecule has 1 amide bonds. The summed E-state index contributed by atoms with van der Waals surface area (Å²) >= 11 is 0. The van der Waals surface area contributed by atoms with Gasteiger partial charge in [-0.05, 0) is 13.0 Å². The van der Waals surface area contributed by atoms with Crippen molar-refractivity contribution in [3.05, 3.63) is 18.0 Å². The van der Waals surface area contributed by atoms with Gasteiger partial charge in [0.15, 0.2) is 0 Å². The third kappa shape index (κ3) is 2.09. The van der Waals surface area contributed by atoms with Crippen LogP contribution in [0.5, 0.6) is 0 Å². The molecule has 0 spiro atoms. The quantitative estimate of drug-likeness (QED) is 0.692. The summed E-state index contributed by atoms with van der Waals surface area (Å²) in [5, 5.41) is 14.7. The minimum Gasteiger partial charge on any atom is -0.480 e. The molecule has 0 saturated heterocycles. The van der Waals surface area contributed by atoms with Crippen LogP contribution < -0.4 is 5.32 Å². The lowest BCUT2D eigenvalue weighted by Gasteiger charge is -2.08. The summed E-state index contributed by atoms with van der Waals surface area (Å²) in [5.74, 6) is -1.51. The summed E-state index contributed by atoms with van der Waals surface area (Å²) < 4.78 is 1.38. The van der Waals surface area contributed by atoms with E-state index in [4.69, 9.17) is 5.11 Å². The number of carboxylic acids is 1. The number of hydrogen-bond donors (Lipinski definition) is 2. The van der Waals surface area contributed by atoms with Gasteiger partial charge in [0, 0.05) is 13.2 Å². The fourth-order valence-electron chi connectivity index (χ4n) is 0.929. The molecule has 1 aromatic rings. The zero-order chi connectivity index (χ0) is 10.7. The number of carbonyl (C=O) groups excluding carboxylic acids is 1. The van der Waals surface area contributed by atoms with Gasteiger partial charge >= 0.3 is 5.97 Å². The second kappa shape index (κ2) is 3.91. The number of aryl methyl sites for hydroxylation is 1. The van der Waals surface area contributed by atoms with Crippen molar-refractivity contribution >= 4 is 11.9 Å². The highest BCUT2D eigenvalue weighted by Gasteiger charge is 2.16. The van der Waals surface area contributed by atoms with E-state index in [1.54, 1.807) is 7.05 Å². The van der Waals surface area contributed by atoms with Gasteiger partial charge in [0.1, 0.15) is 11.7 Å². The number of nitrogens with zero attached hydrogens (tertiary/aromatic N) is 2. The lowest BCUT2D eigenvalue weighted by molar-refractivity contribution is -0.138. The van der Waals surface area contributed by atoms with Gasteiger partial charge in [-0.1, -0.05) is 0 Å². The van der Waals surface area contributed by atoms with E-state index in [9.17, 15) is 9.59 Å². The molecule has 1 aromatic heterocycles. The maximum absolute atomic E-state index is 11.4. The summed E-state index contributed by atoms with van der Waals surface area (Å²) in [7, 11) is 1.61. The first kappa shape index (κ1) is 10.2. The molecule has 0 aliphatic rings. The predicted octanol–water partition coefficient (Wildman–Crippen LogP) is -0.377. The molecule has 0 aromatic carbocycles. The Bertz CT molecular complexity index is 358. The van der Waals surface area contributed by atoms with Crippen molar-refractivity contribution in [2.75, 3.05) is 0 Å². The van der Waals surface area contributed by atoms with Gasteiger partial charge in [0.2, 0.25) is 0 Å². The van der Waals surface area contributed by atoms with Gasteiger partial charge in [-0.3, -0.25) is 14.3 Å². The molecule has 1 unspecified atom stereocenters. The number of carbonyl (C=O) groups is 2. The fourth-order valence-corrected chi connectivity index (χ4v) is 0.929. The monoisotopic (exact) mass is 197 g/mol. The lowest BCUT2D eigenvalue weighted by Crippen LogP contribution is -2.39. The van der Waals surface area contributed by atoms with Crippen LogP contribution in [0.2, 0.25) is 0 Å². The number of aromatic nitrogens is 2. The van der Waals surface area contributed by atoms with Gasteiger partial charge in [0.25, 0.3) is 5.91 Å². The highest BCUT2D eigenvalue weighted by molar-refractivity contribution is 5.94. The van der Waals surface area contributed by atoms with Crippen molar-refractivity contribution in [1.82, 2.24) is 15.1 Å². The molecule has 0 aliphatic carbocycles. The van der Waals surface area contributed by atoms with Crippen LogP contribution in [0, 0.1) is 0 Å². The zero-order valence-corrected chi connectivity index (χ0v) is 7.89. The fraction of sp³-hybridized carbons (Fsp3) is 0.375. The second-order valence-electron chi connectivity index (χ2n) is 2.87. The average Bonchev–Trinajstić information content (AvgIpc) is 2.51. The number of nitrogens with one attached hydrogen (secondary N) is 1. The van der Waals surface area contributed by atoms with Crippen LogP contribution in [-0.2, 0) is 11.8 Å². The number of hydrogen-bond acceptors (Lipinski definition) is 3. The summed E-state index contributed by atoms with van der Waals surface area (Å²) in [6, 6.07) is 0.613. The van der Waals surface area contributed by atoms with Crippen LogP contribution in [-0.4, -0.2) is 32.8 Å². The molecule has 6 nitrogen and oxygen atoms in total. The van der Waals surface area contributed by atoms with E-state index >= 15 is 0 Å². The van der Waals surface area contributed by atoms with E-state index < -0.39 is 17.9 Å². The van der Waals surface area contributed by atoms with Crippen LogP contribution in [0.4, 0.5) is 0 Å². The van der Waals surface area contributed by atoms with Gasteiger partial charge in [0.05, 0.1) is 0 Å². The van der Waals surface area contributed by atoms with Crippen LogP contribution >= 0.6 is 0 Å². The van der Waals surface area contributed by atoms with E-state index in [-0.39, 0.29) is 0 Å². The van der Waals surface area contributed by atoms with Gasteiger partial charge in [-0.2, -0.15) is 5.10 Å². The van der Waals surface area contributed by atoms with Crippen molar-refractivity contribution in [2.24, 2.45) is 7.05 Å². The number of amides is 1. The molecule has 76 valence electrons. The normalized spacial score (nSPS) is 12.1. The smallest absolute Gasteiger partial charge is 0.325 e. The van der Waals surface area contributed by atoms with Crippen molar-refractivity contribution in [2.45, 2.75) is 13.0 Å². The third-order valence-electron chi connectivity index (χ3n) is 1.77. The molecule has 14 heavy (non-hydrogen) atoms. The summed E-state index contributed by atoms with van der Waals surface area (Å²) in [5.41, 5.74) is 0.332. The molecule has 0 aliphatic heterocycles. The van der Waals surface area contributed by atoms with Crippen molar-refractivity contribution < 1.29 is 14.7 Å². The van der Waals surface area contributed by atoms with E-state index in [2.05, 4.69) is 10.4 Å². The first-order valence-electron chi connectivity index (χ1n) is 4.04. The summed E-state index contributed by atoms with van der Waals surface area (Å²) in [6.07, 6.45) is 1.47. The van der Waals surface area contributed by atoms with Gasteiger partial charge in [-0.15, -0.1) is 0 Å². The molecule has 0 fully saturated rings. The van der Waals surface area contributed by atoms with Gasteiger partial charge < -0.3 is 10.4 Å². The standard InChI is InChI=1S/C8H11N3O3/c1-5(8(13)14)10-7(12)6-3-4-9-11(6)2/h3-5H,1-2H3,(H,10,12)(H,13,14). The first-order chi connectivity index (χ1) is 6.52. The Morgan fingerprint density at radius 1 is 1.64 bits per heavy atom. The van der Waals surface area contributed by atoms with Crippen molar-refractivity contribution in [1.29, 1.82) is 0 Å². The topological polar surface area (TPSA) is 84.2 Å². The SMILES string of the molecule is CC(NC(=O)c1ccnn1C)C(=O)O. The van der Waals surface area contributed by atoms with E-state index in [0.717, 1.165) is 0 Å². The lowest BCUT2D eigenvalue weighted by atomic mass is 10.3. The third-order valence-corrected chi connectivity index (χ3v) is 1.77. The Balaban J connectivity index is 2.69. The molecule has 1 heterocycles. The van der Waals surface area contributed by atoms with E-state index in [1.165, 1.54) is 23.9 Å². The van der Waals surface area contributed by atoms with Crippen LogP contribution in [0.25, 0.3) is 0 Å². The number of carboxylic acid groups (broad SMARTS) is 1. The minimum atomic E-state index is -1.07. The van der Waals surface area contributed by atoms with Crippen LogP contribution in [0.15, 0.2) is 12.3 Å². The Morgan fingerprint density at radius 2 is 2.29 bits per heavy atom. The molecule has 0 bridgehead atoms. The summed E-state index contributed by atoms with van der Waals surface area (Å²) in [6.45, 7) is 1.40. The van der Waals surface area contributed by atoms with Crippen molar-refractivity contribution in [3.8, 4) is 0 Å². The Hall–Kier alpha value is -1.85. The highest BCUT2D eigenvalue weighted by Crippen LogP contribution is 1.96. The summed E-state index contributed by atoms with van der Waals surface area (Å²) in [4.78, 5) is 21.9. The maximum Gasteiger partial charge on any atom is 0.325 e. The molecule has 6 heteroatoms. The molecule has 1 atom stereocenters. The van der Waals surface area contributed by atoms with E-state index in [1.807, 2.05) is 0 Å². The number of aliphatic carboxylic acids is 1. The molecule has 0 saturated carbocycles. The molecular formula is C8H11N3O3. The molecule has 2 N–H and O–H groups in total. The Morgan fingerprint density at radius 3 is 2.71 bits per heavy atom. The molecular weight excluding hydrogens is 186 g/mol.